The van der Waals surface area contributed by atoms with E-state index in [0.717, 1.165) is 0 Å². The number of benzene rings is 2. The number of guanidine groups is 1. The molecule has 0 aliphatic rings. The average Bonchev–Trinajstić information content (AvgIpc) is 2.61. The van der Waals surface area contributed by atoms with Crippen molar-refractivity contribution in [2.24, 2.45) is 4.99 Å². The van der Waals surface area contributed by atoms with Crippen molar-refractivity contribution in [1.29, 1.82) is 0 Å². The third-order valence-corrected chi connectivity index (χ3v) is 3.41. The Labute approximate surface area is 172 Å². The van der Waals surface area contributed by atoms with Crippen LogP contribution < -0.4 is 15.4 Å². The van der Waals surface area contributed by atoms with Gasteiger partial charge >= 0.3 is 6.61 Å². The van der Waals surface area contributed by atoms with Crippen LogP contribution in [-0.4, -0.2) is 24.2 Å². The lowest BCUT2D eigenvalue weighted by Gasteiger charge is -2.14. The summed E-state index contributed by atoms with van der Waals surface area (Å²) in [7, 11) is 0. The first-order valence-electron chi connectivity index (χ1n) is 8.02. The number of ether oxygens (including phenoxy) is 1. The summed E-state index contributed by atoms with van der Waals surface area (Å²) in [5.41, 5.74) is 1.13. The summed E-state index contributed by atoms with van der Waals surface area (Å²) >= 11 is 0. The molecule has 0 spiro atoms. The van der Waals surface area contributed by atoms with E-state index in [1.807, 2.05) is 6.92 Å². The van der Waals surface area contributed by atoms with E-state index in [0.29, 0.717) is 23.6 Å². The Hall–Kier alpha value is -2.17. The highest BCUT2D eigenvalue weighted by atomic mass is 127. The molecule has 0 saturated carbocycles. The lowest BCUT2D eigenvalue weighted by Crippen LogP contribution is -2.36. The maximum atomic E-state index is 13.4. The number of aliphatic imine (C=N–C) groups is 1. The minimum Gasteiger partial charge on any atom is -0.505 e. The van der Waals surface area contributed by atoms with E-state index >= 15 is 0 Å². The summed E-state index contributed by atoms with van der Waals surface area (Å²) in [5, 5.41) is 15.2. The molecule has 148 valence electrons. The number of phenolic OH excluding ortho intramolecular Hbond substituents is 1. The van der Waals surface area contributed by atoms with Gasteiger partial charge in [-0.05, 0) is 30.7 Å². The third kappa shape index (κ3) is 7.53. The van der Waals surface area contributed by atoms with Crippen molar-refractivity contribution in [3.8, 4) is 11.5 Å². The third-order valence-electron chi connectivity index (χ3n) is 3.41. The van der Waals surface area contributed by atoms with Crippen LogP contribution >= 0.6 is 24.0 Å². The van der Waals surface area contributed by atoms with Crippen molar-refractivity contribution in [1.82, 2.24) is 10.6 Å². The van der Waals surface area contributed by atoms with Gasteiger partial charge in [-0.1, -0.05) is 24.3 Å². The first-order valence-corrected chi connectivity index (χ1v) is 8.02. The molecule has 5 nitrogen and oxygen atoms in total. The fraction of sp³-hybridized carbons (Fsp3) is 0.278. The number of para-hydroxylation sites is 1. The second-order valence-corrected chi connectivity index (χ2v) is 5.32. The maximum absolute atomic E-state index is 13.4. The molecule has 0 aliphatic heterocycles. The minimum absolute atomic E-state index is 0. The number of aromatic hydroxyl groups is 1. The fourth-order valence-corrected chi connectivity index (χ4v) is 2.20. The Morgan fingerprint density at radius 1 is 1.19 bits per heavy atom. The molecule has 0 amide bonds. The van der Waals surface area contributed by atoms with Gasteiger partial charge in [0.2, 0.25) is 0 Å². The lowest BCUT2D eigenvalue weighted by molar-refractivity contribution is -0.0504. The van der Waals surface area contributed by atoms with Gasteiger partial charge in [0.25, 0.3) is 0 Å². The molecule has 0 radical (unpaired) electrons. The molecule has 0 fully saturated rings. The summed E-state index contributed by atoms with van der Waals surface area (Å²) in [6.45, 7) is -0.0289. The van der Waals surface area contributed by atoms with Crippen molar-refractivity contribution in [3.63, 3.8) is 0 Å². The second kappa shape index (κ2) is 11.5. The van der Waals surface area contributed by atoms with Gasteiger partial charge in [0.1, 0.15) is 5.75 Å². The highest BCUT2D eigenvalue weighted by Crippen LogP contribution is 2.20. The molecule has 2 aromatic carbocycles. The molecule has 2 aromatic rings. The topological polar surface area (TPSA) is 65.9 Å². The van der Waals surface area contributed by atoms with Crippen LogP contribution in [-0.2, 0) is 13.1 Å². The van der Waals surface area contributed by atoms with E-state index in [1.54, 1.807) is 24.3 Å². The van der Waals surface area contributed by atoms with Crippen molar-refractivity contribution in [3.05, 3.63) is 59.4 Å². The van der Waals surface area contributed by atoms with Crippen LogP contribution in [0.5, 0.6) is 11.5 Å². The van der Waals surface area contributed by atoms with Gasteiger partial charge in [-0.25, -0.2) is 9.38 Å². The maximum Gasteiger partial charge on any atom is 0.387 e. The summed E-state index contributed by atoms with van der Waals surface area (Å²) in [6.07, 6.45) is 0. The molecule has 0 aliphatic carbocycles. The zero-order valence-electron chi connectivity index (χ0n) is 14.6. The monoisotopic (exact) mass is 495 g/mol. The number of nitrogens with zero attached hydrogens (tertiary/aromatic N) is 1. The van der Waals surface area contributed by atoms with Crippen LogP contribution in [0.25, 0.3) is 0 Å². The summed E-state index contributed by atoms with van der Waals surface area (Å²) < 4.78 is 42.8. The highest BCUT2D eigenvalue weighted by Gasteiger charge is 2.09. The number of alkyl halides is 2. The van der Waals surface area contributed by atoms with Crippen molar-refractivity contribution < 1.29 is 23.0 Å². The Balaban J connectivity index is 0.00000364. The first-order chi connectivity index (χ1) is 12.5. The SMILES string of the molecule is CCNC(=NCc1ccc(O)c(F)c1)NCc1ccccc1OC(F)F.I. The highest BCUT2D eigenvalue weighted by molar-refractivity contribution is 14.0. The lowest BCUT2D eigenvalue weighted by atomic mass is 10.2. The molecular formula is C18H21F3IN3O2. The molecule has 0 bridgehead atoms. The first kappa shape index (κ1) is 22.9. The Morgan fingerprint density at radius 2 is 1.93 bits per heavy atom. The van der Waals surface area contributed by atoms with E-state index in [-0.39, 0.29) is 42.8 Å². The number of halogens is 4. The summed E-state index contributed by atoms with van der Waals surface area (Å²) in [6, 6.07) is 10.5. The molecule has 27 heavy (non-hydrogen) atoms. The van der Waals surface area contributed by atoms with E-state index in [4.69, 9.17) is 0 Å². The second-order valence-electron chi connectivity index (χ2n) is 5.32. The van der Waals surface area contributed by atoms with Gasteiger partial charge in [-0.3, -0.25) is 0 Å². The van der Waals surface area contributed by atoms with Crippen molar-refractivity contribution >= 4 is 29.9 Å². The van der Waals surface area contributed by atoms with Crippen molar-refractivity contribution in [2.75, 3.05) is 6.54 Å². The average molecular weight is 495 g/mol. The van der Waals surface area contributed by atoms with Gasteiger partial charge < -0.3 is 20.5 Å². The number of hydrogen-bond acceptors (Lipinski definition) is 3. The molecule has 0 heterocycles. The van der Waals surface area contributed by atoms with E-state index in [2.05, 4.69) is 20.4 Å². The molecular weight excluding hydrogens is 474 g/mol. The molecule has 9 heteroatoms. The fourth-order valence-electron chi connectivity index (χ4n) is 2.20. The zero-order valence-corrected chi connectivity index (χ0v) is 16.9. The normalized spacial score (nSPS) is 11.1. The zero-order chi connectivity index (χ0) is 18.9. The summed E-state index contributed by atoms with van der Waals surface area (Å²) in [4.78, 5) is 4.32. The van der Waals surface area contributed by atoms with Crippen LogP contribution in [0.2, 0.25) is 0 Å². The molecule has 0 unspecified atom stereocenters. The van der Waals surface area contributed by atoms with Crippen molar-refractivity contribution in [2.45, 2.75) is 26.6 Å². The smallest absolute Gasteiger partial charge is 0.387 e. The van der Waals surface area contributed by atoms with Crippen LogP contribution in [0.4, 0.5) is 13.2 Å². The van der Waals surface area contributed by atoms with Crippen LogP contribution in [0.1, 0.15) is 18.1 Å². The summed E-state index contributed by atoms with van der Waals surface area (Å²) in [5.74, 6) is -0.605. The van der Waals surface area contributed by atoms with Crippen LogP contribution in [0.15, 0.2) is 47.5 Å². The predicted molar refractivity (Wildman–Crippen MR) is 108 cm³/mol. The predicted octanol–water partition coefficient (Wildman–Crippen LogP) is 4.01. The molecule has 3 N–H and O–H groups in total. The van der Waals surface area contributed by atoms with Gasteiger partial charge in [-0.2, -0.15) is 8.78 Å². The number of rotatable bonds is 7. The van der Waals surface area contributed by atoms with Gasteiger partial charge in [0, 0.05) is 18.7 Å². The van der Waals surface area contributed by atoms with E-state index in [9.17, 15) is 18.3 Å². The largest absolute Gasteiger partial charge is 0.505 e. The van der Waals surface area contributed by atoms with E-state index < -0.39 is 18.2 Å². The molecule has 0 saturated heterocycles. The Morgan fingerprint density at radius 3 is 2.59 bits per heavy atom. The quantitative estimate of drug-likeness (QED) is 0.309. The van der Waals surface area contributed by atoms with Crippen LogP contribution in [0, 0.1) is 5.82 Å². The molecule has 0 atom stereocenters. The van der Waals surface area contributed by atoms with Gasteiger partial charge in [0.15, 0.2) is 17.5 Å². The Bertz CT molecular complexity index is 760. The number of nitrogens with one attached hydrogen (secondary N) is 2. The van der Waals surface area contributed by atoms with Gasteiger partial charge in [-0.15, -0.1) is 24.0 Å². The number of hydrogen-bond donors (Lipinski definition) is 3. The Kier molecular flexibility index (Phi) is 9.76. The minimum atomic E-state index is -2.90. The van der Waals surface area contributed by atoms with Gasteiger partial charge in [0.05, 0.1) is 6.54 Å². The molecule has 0 aromatic heterocycles. The number of phenols is 1. The van der Waals surface area contributed by atoms with E-state index in [1.165, 1.54) is 18.2 Å². The van der Waals surface area contributed by atoms with Crippen LogP contribution in [0.3, 0.4) is 0 Å². The molecule has 2 rings (SSSR count). The standard InChI is InChI=1S/C18H20F3N3O2.HI/c1-2-22-18(23-10-12-7-8-15(25)14(19)9-12)24-11-13-5-3-4-6-16(13)26-17(20)21;/h3-9,17,25H,2,10-11H2,1H3,(H2,22,23,24);1H.